The van der Waals surface area contributed by atoms with Crippen molar-refractivity contribution in [2.45, 2.75) is 32.4 Å². The van der Waals surface area contributed by atoms with Gasteiger partial charge in [-0.25, -0.2) is 9.18 Å². The normalized spacial score (nSPS) is 12.3. The lowest BCUT2D eigenvalue weighted by Crippen LogP contribution is -2.23. The molecule has 0 aromatic heterocycles. The standard InChI is InChI=1S/C26H25FN2O3/c1-4-18-11-14-24(32-17(2)21-7-5-6-8-23(21)27)22(15-18)25(26(30)31-3)29-20-12-9-19(16-28)10-13-20/h5-15,17,25,29H,4H2,1-3H3. The predicted molar refractivity (Wildman–Crippen MR) is 121 cm³/mol. The number of carbonyl (C=O) groups is 1. The van der Waals surface area contributed by atoms with Crippen molar-refractivity contribution >= 4 is 11.7 Å². The molecule has 3 aromatic carbocycles. The molecule has 3 aromatic rings. The number of methoxy groups -OCH3 is 1. The second-order valence-electron chi connectivity index (χ2n) is 7.30. The molecule has 0 fully saturated rings. The van der Waals surface area contributed by atoms with Crippen LogP contribution < -0.4 is 10.1 Å². The van der Waals surface area contributed by atoms with E-state index in [-0.39, 0.29) is 5.82 Å². The van der Waals surface area contributed by atoms with Gasteiger partial charge in [-0.05, 0) is 61.4 Å². The van der Waals surface area contributed by atoms with E-state index in [4.69, 9.17) is 14.7 Å². The van der Waals surface area contributed by atoms with Crippen molar-refractivity contribution < 1.29 is 18.7 Å². The van der Waals surface area contributed by atoms with E-state index in [2.05, 4.69) is 11.4 Å². The molecule has 164 valence electrons. The lowest BCUT2D eigenvalue weighted by Gasteiger charge is -2.24. The van der Waals surface area contributed by atoms with Gasteiger partial charge in [0, 0.05) is 16.8 Å². The van der Waals surface area contributed by atoms with Crippen LogP contribution in [0.3, 0.4) is 0 Å². The summed E-state index contributed by atoms with van der Waals surface area (Å²) in [5.41, 5.74) is 3.19. The topological polar surface area (TPSA) is 71.3 Å². The maximum Gasteiger partial charge on any atom is 0.333 e. The smallest absolute Gasteiger partial charge is 0.333 e. The molecule has 0 heterocycles. The summed E-state index contributed by atoms with van der Waals surface area (Å²) in [4.78, 5) is 12.7. The van der Waals surface area contributed by atoms with Gasteiger partial charge in [-0.15, -0.1) is 0 Å². The summed E-state index contributed by atoms with van der Waals surface area (Å²) in [6, 6.07) is 20.0. The third-order valence-electron chi connectivity index (χ3n) is 5.20. The quantitative estimate of drug-likeness (QED) is 0.461. The summed E-state index contributed by atoms with van der Waals surface area (Å²) in [7, 11) is 1.32. The molecule has 0 saturated heterocycles. The lowest BCUT2D eigenvalue weighted by atomic mass is 10.0. The number of hydrogen-bond donors (Lipinski definition) is 1. The van der Waals surface area contributed by atoms with Crippen LogP contribution in [0, 0.1) is 17.1 Å². The van der Waals surface area contributed by atoms with Gasteiger partial charge in [0.2, 0.25) is 0 Å². The summed E-state index contributed by atoms with van der Waals surface area (Å²) >= 11 is 0. The Balaban J connectivity index is 1.99. The minimum Gasteiger partial charge on any atom is -0.486 e. The van der Waals surface area contributed by atoms with Gasteiger partial charge in [-0.2, -0.15) is 5.26 Å². The average Bonchev–Trinajstić information content (AvgIpc) is 2.83. The van der Waals surface area contributed by atoms with E-state index in [1.54, 1.807) is 55.5 Å². The highest BCUT2D eigenvalue weighted by molar-refractivity contribution is 5.82. The zero-order valence-corrected chi connectivity index (χ0v) is 18.3. The molecule has 0 amide bonds. The maximum absolute atomic E-state index is 14.3. The monoisotopic (exact) mass is 432 g/mol. The number of benzene rings is 3. The third kappa shape index (κ3) is 5.25. The highest BCUT2D eigenvalue weighted by atomic mass is 19.1. The van der Waals surface area contributed by atoms with Crippen LogP contribution in [0.4, 0.5) is 10.1 Å². The summed E-state index contributed by atoms with van der Waals surface area (Å²) in [5.74, 6) is -0.396. The predicted octanol–water partition coefficient (Wildman–Crippen LogP) is 5.73. The number of nitriles is 1. The van der Waals surface area contributed by atoms with Gasteiger partial charge in [-0.3, -0.25) is 0 Å². The molecule has 0 radical (unpaired) electrons. The summed E-state index contributed by atoms with van der Waals surface area (Å²) in [6.07, 6.45) is 0.191. The summed E-state index contributed by atoms with van der Waals surface area (Å²) in [6.45, 7) is 3.78. The van der Waals surface area contributed by atoms with Crippen LogP contribution in [0.5, 0.6) is 5.75 Å². The zero-order chi connectivity index (χ0) is 23.1. The SMILES string of the molecule is CCc1ccc(OC(C)c2ccccc2F)c(C(Nc2ccc(C#N)cc2)C(=O)OC)c1. The minimum atomic E-state index is -0.859. The molecule has 6 heteroatoms. The molecule has 5 nitrogen and oxygen atoms in total. The molecule has 0 aliphatic rings. The number of esters is 1. The molecule has 0 aliphatic heterocycles. The molecule has 32 heavy (non-hydrogen) atoms. The Kier molecular flexibility index (Phi) is 7.45. The largest absolute Gasteiger partial charge is 0.486 e. The van der Waals surface area contributed by atoms with E-state index >= 15 is 0 Å². The Morgan fingerprint density at radius 2 is 1.81 bits per heavy atom. The number of halogens is 1. The molecule has 0 bridgehead atoms. The number of nitrogens with zero attached hydrogens (tertiary/aromatic N) is 1. The van der Waals surface area contributed by atoms with E-state index in [9.17, 15) is 9.18 Å². The van der Waals surface area contributed by atoms with Gasteiger partial charge in [0.1, 0.15) is 17.7 Å². The van der Waals surface area contributed by atoms with Crippen LogP contribution in [0.1, 0.15) is 48.2 Å². The first-order valence-electron chi connectivity index (χ1n) is 10.3. The summed E-state index contributed by atoms with van der Waals surface area (Å²) < 4.78 is 25.4. The molecule has 0 saturated carbocycles. The molecule has 1 N–H and O–H groups in total. The van der Waals surface area contributed by atoms with Gasteiger partial charge < -0.3 is 14.8 Å². The Morgan fingerprint density at radius 1 is 1.09 bits per heavy atom. The molecule has 2 unspecified atom stereocenters. The number of rotatable bonds is 8. The van der Waals surface area contributed by atoms with Crippen molar-refractivity contribution in [1.29, 1.82) is 5.26 Å². The third-order valence-corrected chi connectivity index (χ3v) is 5.20. The average molecular weight is 432 g/mol. The van der Waals surface area contributed by atoms with E-state index < -0.39 is 18.1 Å². The van der Waals surface area contributed by atoms with Crippen molar-refractivity contribution in [3.05, 3.63) is 94.8 Å². The van der Waals surface area contributed by atoms with Gasteiger partial charge in [0.05, 0.1) is 18.7 Å². The van der Waals surface area contributed by atoms with Crippen LogP contribution in [-0.2, 0) is 16.0 Å². The van der Waals surface area contributed by atoms with Crippen LogP contribution in [0.15, 0.2) is 66.7 Å². The van der Waals surface area contributed by atoms with Crippen LogP contribution >= 0.6 is 0 Å². The molecular formula is C26H25FN2O3. The Hall–Kier alpha value is -3.85. The Bertz CT molecular complexity index is 1120. The highest BCUT2D eigenvalue weighted by Crippen LogP contribution is 2.34. The van der Waals surface area contributed by atoms with E-state index in [1.807, 2.05) is 19.1 Å². The minimum absolute atomic E-state index is 0.355. The molecule has 0 aliphatic carbocycles. The van der Waals surface area contributed by atoms with Crippen molar-refractivity contribution in [3.63, 3.8) is 0 Å². The van der Waals surface area contributed by atoms with E-state index in [0.717, 1.165) is 12.0 Å². The summed E-state index contributed by atoms with van der Waals surface area (Å²) in [5, 5.41) is 12.2. The van der Waals surface area contributed by atoms with E-state index in [1.165, 1.54) is 13.2 Å². The van der Waals surface area contributed by atoms with Crippen LogP contribution in [0.25, 0.3) is 0 Å². The van der Waals surface area contributed by atoms with E-state index in [0.29, 0.717) is 28.1 Å². The fraction of sp³-hybridized carbons (Fsp3) is 0.231. The maximum atomic E-state index is 14.3. The zero-order valence-electron chi connectivity index (χ0n) is 18.3. The number of anilines is 1. The van der Waals surface area contributed by atoms with Crippen molar-refractivity contribution in [3.8, 4) is 11.8 Å². The fourth-order valence-electron chi connectivity index (χ4n) is 3.40. The van der Waals surface area contributed by atoms with Gasteiger partial charge >= 0.3 is 5.97 Å². The second kappa shape index (κ2) is 10.5. The first kappa shape index (κ1) is 22.8. The number of carbonyl (C=O) groups excluding carboxylic acids is 1. The van der Waals surface area contributed by atoms with Gasteiger partial charge in [0.15, 0.2) is 6.04 Å². The Labute approximate surface area is 187 Å². The number of ether oxygens (including phenoxy) is 2. The van der Waals surface area contributed by atoms with Crippen molar-refractivity contribution in [2.75, 3.05) is 12.4 Å². The lowest BCUT2D eigenvalue weighted by molar-refractivity contribution is -0.141. The van der Waals surface area contributed by atoms with Crippen molar-refractivity contribution in [2.24, 2.45) is 0 Å². The molecule has 2 atom stereocenters. The molecule has 3 rings (SSSR count). The van der Waals surface area contributed by atoms with Gasteiger partial charge in [-0.1, -0.05) is 31.2 Å². The van der Waals surface area contributed by atoms with Crippen LogP contribution in [0.2, 0.25) is 0 Å². The number of aryl methyl sites for hydroxylation is 1. The van der Waals surface area contributed by atoms with Crippen LogP contribution in [-0.4, -0.2) is 13.1 Å². The first-order valence-corrected chi connectivity index (χ1v) is 10.3. The highest BCUT2D eigenvalue weighted by Gasteiger charge is 2.26. The van der Waals surface area contributed by atoms with Crippen molar-refractivity contribution in [1.82, 2.24) is 0 Å². The molecule has 0 spiro atoms. The Morgan fingerprint density at radius 3 is 2.44 bits per heavy atom. The first-order chi connectivity index (χ1) is 15.5. The fourth-order valence-corrected chi connectivity index (χ4v) is 3.40. The number of nitrogens with one attached hydrogen (secondary N) is 1. The molecular weight excluding hydrogens is 407 g/mol. The second-order valence-corrected chi connectivity index (χ2v) is 7.30. The van der Waals surface area contributed by atoms with Gasteiger partial charge in [0.25, 0.3) is 0 Å². The number of hydrogen-bond acceptors (Lipinski definition) is 5.